The summed E-state index contributed by atoms with van der Waals surface area (Å²) in [6, 6.07) is 2.53. The van der Waals surface area contributed by atoms with E-state index in [4.69, 9.17) is 4.74 Å². The molecule has 1 unspecified atom stereocenters. The first kappa shape index (κ1) is 11.2. The minimum atomic E-state index is 0.396. The van der Waals surface area contributed by atoms with Crippen LogP contribution >= 0.6 is 0 Å². The smallest absolute Gasteiger partial charge is 0.0883 e. The van der Waals surface area contributed by atoms with Gasteiger partial charge in [-0.25, -0.2) is 0 Å². The van der Waals surface area contributed by atoms with Gasteiger partial charge in [0, 0.05) is 32.4 Å². The van der Waals surface area contributed by atoms with Crippen molar-refractivity contribution in [2.45, 2.75) is 32.4 Å². The minimum Gasteiger partial charge on any atom is -0.379 e. The van der Waals surface area contributed by atoms with Crippen LogP contribution in [0.2, 0.25) is 0 Å². The molecule has 17 heavy (non-hydrogen) atoms. The normalized spacial score (nSPS) is 24.9. The largest absolute Gasteiger partial charge is 0.379 e. The summed E-state index contributed by atoms with van der Waals surface area (Å²) in [6.45, 7) is 7.02. The Morgan fingerprint density at radius 1 is 1.47 bits per heavy atom. The Labute approximate surface area is 103 Å². The molecule has 2 heterocycles. The van der Waals surface area contributed by atoms with E-state index in [1.54, 1.807) is 0 Å². The molecule has 1 aromatic rings. The summed E-state index contributed by atoms with van der Waals surface area (Å²) >= 11 is 0. The second-order valence-electron chi connectivity index (χ2n) is 5.22. The van der Waals surface area contributed by atoms with E-state index in [-0.39, 0.29) is 0 Å². The van der Waals surface area contributed by atoms with E-state index in [2.05, 4.69) is 27.7 Å². The highest BCUT2D eigenvalue weighted by Gasteiger charge is 2.30. The van der Waals surface area contributed by atoms with Crippen molar-refractivity contribution in [3.63, 3.8) is 0 Å². The Hall–Kier alpha value is -0.870. The van der Waals surface area contributed by atoms with Gasteiger partial charge in [0.2, 0.25) is 0 Å². The van der Waals surface area contributed by atoms with Crippen molar-refractivity contribution in [3.8, 4) is 0 Å². The van der Waals surface area contributed by atoms with E-state index in [9.17, 15) is 0 Å². The van der Waals surface area contributed by atoms with Gasteiger partial charge in [0.25, 0.3) is 0 Å². The van der Waals surface area contributed by atoms with Crippen LogP contribution in [0.15, 0.2) is 12.3 Å². The minimum absolute atomic E-state index is 0.396. The molecule has 4 nitrogen and oxygen atoms in total. The van der Waals surface area contributed by atoms with Gasteiger partial charge in [-0.15, -0.1) is 0 Å². The third-order valence-electron chi connectivity index (χ3n) is 3.68. The molecule has 1 fully saturated rings. The quantitative estimate of drug-likeness (QED) is 0.778. The van der Waals surface area contributed by atoms with Gasteiger partial charge in [-0.3, -0.25) is 9.58 Å². The zero-order valence-electron chi connectivity index (χ0n) is 10.5. The molecule has 0 aromatic carbocycles. The summed E-state index contributed by atoms with van der Waals surface area (Å²) in [4.78, 5) is 2.57. The van der Waals surface area contributed by atoms with E-state index in [1.807, 2.05) is 6.20 Å². The molecule has 1 atom stereocenters. The standard InChI is InChI=1S/C13H21N3O/c1-2-17-10-13-9-15(7-11-3-4-11)8-12-5-6-14-16(12)13/h5-6,11,13H,2-4,7-10H2,1H3. The highest BCUT2D eigenvalue weighted by Crippen LogP contribution is 2.32. The topological polar surface area (TPSA) is 30.3 Å². The van der Waals surface area contributed by atoms with E-state index in [0.29, 0.717) is 6.04 Å². The molecule has 94 valence electrons. The fourth-order valence-electron chi connectivity index (χ4n) is 2.65. The van der Waals surface area contributed by atoms with Crippen LogP contribution in [-0.4, -0.2) is 41.0 Å². The van der Waals surface area contributed by atoms with Crippen LogP contribution < -0.4 is 0 Å². The molecule has 1 aliphatic carbocycles. The molecule has 0 radical (unpaired) electrons. The molecule has 0 bridgehead atoms. The van der Waals surface area contributed by atoms with Gasteiger partial charge < -0.3 is 4.74 Å². The lowest BCUT2D eigenvalue weighted by Crippen LogP contribution is -2.40. The second kappa shape index (κ2) is 4.78. The Balaban J connectivity index is 1.69. The number of ether oxygens (including phenoxy) is 1. The Kier molecular flexibility index (Phi) is 3.16. The molecular formula is C13H21N3O. The predicted octanol–water partition coefficient (Wildman–Crippen LogP) is 1.69. The molecule has 0 N–H and O–H groups in total. The second-order valence-corrected chi connectivity index (χ2v) is 5.22. The van der Waals surface area contributed by atoms with Gasteiger partial charge in [0.05, 0.1) is 18.3 Å². The number of fused-ring (bicyclic) bond motifs is 1. The van der Waals surface area contributed by atoms with Crippen LogP contribution in [-0.2, 0) is 11.3 Å². The number of rotatable bonds is 5. The first-order valence-electron chi connectivity index (χ1n) is 6.69. The van der Waals surface area contributed by atoms with Crippen molar-refractivity contribution in [1.29, 1.82) is 0 Å². The molecular weight excluding hydrogens is 214 g/mol. The number of hydrogen-bond donors (Lipinski definition) is 0. The number of nitrogens with zero attached hydrogens (tertiary/aromatic N) is 3. The average molecular weight is 235 g/mol. The fourth-order valence-corrected chi connectivity index (χ4v) is 2.65. The van der Waals surface area contributed by atoms with Gasteiger partial charge in [0.15, 0.2) is 0 Å². The van der Waals surface area contributed by atoms with E-state index < -0.39 is 0 Å². The first-order valence-corrected chi connectivity index (χ1v) is 6.69. The van der Waals surface area contributed by atoms with Crippen LogP contribution in [0.25, 0.3) is 0 Å². The van der Waals surface area contributed by atoms with Crippen LogP contribution in [0.5, 0.6) is 0 Å². The highest BCUT2D eigenvalue weighted by atomic mass is 16.5. The molecule has 1 saturated carbocycles. The van der Waals surface area contributed by atoms with Gasteiger partial charge >= 0.3 is 0 Å². The zero-order chi connectivity index (χ0) is 11.7. The maximum Gasteiger partial charge on any atom is 0.0883 e. The predicted molar refractivity (Wildman–Crippen MR) is 65.8 cm³/mol. The Bertz CT molecular complexity index is 372. The molecule has 4 heteroatoms. The summed E-state index contributed by atoms with van der Waals surface area (Å²) in [5.74, 6) is 0.956. The maximum atomic E-state index is 5.58. The summed E-state index contributed by atoms with van der Waals surface area (Å²) in [7, 11) is 0. The Morgan fingerprint density at radius 2 is 2.35 bits per heavy atom. The third-order valence-corrected chi connectivity index (χ3v) is 3.68. The number of aromatic nitrogens is 2. The van der Waals surface area contributed by atoms with Gasteiger partial charge in [-0.1, -0.05) is 0 Å². The van der Waals surface area contributed by atoms with E-state index in [1.165, 1.54) is 25.1 Å². The Morgan fingerprint density at radius 3 is 3.12 bits per heavy atom. The average Bonchev–Trinajstić information content (AvgIpc) is 3.01. The van der Waals surface area contributed by atoms with Gasteiger partial charge in [-0.05, 0) is 31.7 Å². The van der Waals surface area contributed by atoms with Crippen LogP contribution in [0.3, 0.4) is 0 Å². The van der Waals surface area contributed by atoms with Gasteiger partial charge in [-0.2, -0.15) is 5.10 Å². The lowest BCUT2D eigenvalue weighted by molar-refractivity contribution is 0.0692. The fraction of sp³-hybridized carbons (Fsp3) is 0.769. The summed E-state index contributed by atoms with van der Waals surface area (Å²) < 4.78 is 7.73. The maximum absolute atomic E-state index is 5.58. The molecule has 2 aliphatic rings. The summed E-state index contributed by atoms with van der Waals surface area (Å²) in [6.07, 6.45) is 4.76. The van der Waals surface area contributed by atoms with Crippen molar-refractivity contribution >= 4 is 0 Å². The SMILES string of the molecule is CCOCC1CN(CC2CC2)Cc2ccnn21. The van der Waals surface area contributed by atoms with Crippen LogP contribution in [0, 0.1) is 5.92 Å². The van der Waals surface area contributed by atoms with Crippen molar-refractivity contribution in [2.75, 3.05) is 26.3 Å². The lowest BCUT2D eigenvalue weighted by Gasteiger charge is -2.33. The lowest BCUT2D eigenvalue weighted by atomic mass is 10.2. The van der Waals surface area contributed by atoms with E-state index in [0.717, 1.165) is 32.2 Å². The molecule has 0 saturated heterocycles. The van der Waals surface area contributed by atoms with Crippen LogP contribution in [0.1, 0.15) is 31.5 Å². The summed E-state index contributed by atoms with van der Waals surface area (Å²) in [5.41, 5.74) is 1.33. The number of hydrogen-bond acceptors (Lipinski definition) is 3. The molecule has 1 aliphatic heterocycles. The monoisotopic (exact) mass is 235 g/mol. The third kappa shape index (κ3) is 2.53. The van der Waals surface area contributed by atoms with Crippen molar-refractivity contribution in [3.05, 3.63) is 18.0 Å². The summed E-state index contributed by atoms with van der Waals surface area (Å²) in [5, 5.41) is 4.43. The molecule has 1 aromatic heterocycles. The zero-order valence-corrected chi connectivity index (χ0v) is 10.5. The molecule has 3 rings (SSSR count). The van der Waals surface area contributed by atoms with Crippen molar-refractivity contribution in [2.24, 2.45) is 5.92 Å². The van der Waals surface area contributed by atoms with Gasteiger partial charge in [0.1, 0.15) is 0 Å². The highest BCUT2D eigenvalue weighted by molar-refractivity contribution is 5.05. The molecule has 0 spiro atoms. The van der Waals surface area contributed by atoms with Crippen molar-refractivity contribution in [1.82, 2.24) is 14.7 Å². The van der Waals surface area contributed by atoms with Crippen LogP contribution in [0.4, 0.5) is 0 Å². The molecule has 0 amide bonds. The van der Waals surface area contributed by atoms with Crippen molar-refractivity contribution < 1.29 is 4.74 Å². The first-order chi connectivity index (χ1) is 8.36. The van der Waals surface area contributed by atoms with E-state index >= 15 is 0 Å².